The lowest BCUT2D eigenvalue weighted by atomic mass is 10.1. The molecule has 0 aliphatic carbocycles. The van der Waals surface area contributed by atoms with Crippen LogP contribution in [0.1, 0.15) is 15.9 Å². The molecule has 0 aliphatic rings. The number of amides is 1. The summed E-state index contributed by atoms with van der Waals surface area (Å²) in [5.41, 5.74) is 4.70. The largest absolute Gasteiger partial charge is 0.322 e. The van der Waals surface area contributed by atoms with Crippen molar-refractivity contribution >= 4 is 44.2 Å². The van der Waals surface area contributed by atoms with Crippen LogP contribution in [0, 0.1) is 6.92 Å². The molecule has 33 heavy (non-hydrogen) atoms. The molecule has 0 radical (unpaired) electrons. The van der Waals surface area contributed by atoms with Crippen molar-refractivity contribution in [2.45, 2.75) is 6.92 Å². The van der Waals surface area contributed by atoms with E-state index in [0.717, 1.165) is 49.5 Å². The van der Waals surface area contributed by atoms with Crippen molar-refractivity contribution in [3.8, 4) is 5.69 Å². The van der Waals surface area contributed by atoms with Gasteiger partial charge in [0.25, 0.3) is 5.91 Å². The molecule has 0 aliphatic heterocycles. The summed E-state index contributed by atoms with van der Waals surface area (Å²) < 4.78 is 0. The zero-order valence-electron chi connectivity index (χ0n) is 18.0. The van der Waals surface area contributed by atoms with Crippen molar-refractivity contribution in [3.05, 3.63) is 108 Å². The predicted octanol–water partition coefficient (Wildman–Crippen LogP) is 6.29. The molecule has 0 bridgehead atoms. The summed E-state index contributed by atoms with van der Waals surface area (Å²) >= 11 is 0. The van der Waals surface area contributed by atoms with Gasteiger partial charge in [0.05, 0.1) is 5.69 Å². The SMILES string of the molecule is Cc1cc2nn(-c3cccc4ccccc34)nc2cc1NC(=O)c1ccc2ccccc2c1. The van der Waals surface area contributed by atoms with Crippen molar-refractivity contribution in [2.75, 3.05) is 5.32 Å². The summed E-state index contributed by atoms with van der Waals surface area (Å²) in [4.78, 5) is 14.6. The summed E-state index contributed by atoms with van der Waals surface area (Å²) in [6, 6.07) is 31.9. The quantitative estimate of drug-likeness (QED) is 0.360. The van der Waals surface area contributed by atoms with E-state index in [2.05, 4.69) is 23.5 Å². The van der Waals surface area contributed by atoms with Crippen LogP contribution in [0.3, 0.4) is 0 Å². The number of hydrogen-bond acceptors (Lipinski definition) is 3. The molecule has 0 saturated heterocycles. The van der Waals surface area contributed by atoms with Gasteiger partial charge in [-0.05, 0) is 59.0 Å². The molecular weight excluding hydrogens is 408 g/mol. The van der Waals surface area contributed by atoms with Gasteiger partial charge in [-0.2, -0.15) is 0 Å². The van der Waals surface area contributed by atoms with E-state index in [1.165, 1.54) is 0 Å². The lowest BCUT2D eigenvalue weighted by Gasteiger charge is -2.09. The molecule has 0 fully saturated rings. The van der Waals surface area contributed by atoms with Gasteiger partial charge in [0.2, 0.25) is 0 Å². The van der Waals surface area contributed by atoms with Gasteiger partial charge in [-0.1, -0.05) is 66.7 Å². The molecule has 5 heteroatoms. The minimum Gasteiger partial charge on any atom is -0.322 e. The van der Waals surface area contributed by atoms with Crippen molar-refractivity contribution in [1.82, 2.24) is 15.0 Å². The van der Waals surface area contributed by atoms with Crippen LogP contribution in [0.25, 0.3) is 38.3 Å². The second-order valence-electron chi connectivity index (χ2n) is 8.16. The van der Waals surface area contributed by atoms with Gasteiger partial charge in [0.15, 0.2) is 0 Å². The van der Waals surface area contributed by atoms with Crippen molar-refractivity contribution in [2.24, 2.45) is 0 Å². The fourth-order valence-corrected chi connectivity index (χ4v) is 4.22. The zero-order chi connectivity index (χ0) is 22.4. The number of carbonyl (C=O) groups is 1. The average Bonchev–Trinajstić information content (AvgIpc) is 3.26. The van der Waals surface area contributed by atoms with Crippen LogP contribution >= 0.6 is 0 Å². The first kappa shape index (κ1) is 19.2. The van der Waals surface area contributed by atoms with Crippen LogP contribution in [0.15, 0.2) is 97.1 Å². The molecule has 1 heterocycles. The maximum Gasteiger partial charge on any atom is 0.255 e. The van der Waals surface area contributed by atoms with Gasteiger partial charge < -0.3 is 5.32 Å². The number of fused-ring (bicyclic) bond motifs is 3. The Balaban J connectivity index is 1.36. The number of nitrogens with zero attached hydrogens (tertiary/aromatic N) is 3. The fourth-order valence-electron chi connectivity index (χ4n) is 4.22. The normalized spacial score (nSPS) is 11.3. The molecular formula is C28H20N4O. The second-order valence-corrected chi connectivity index (χ2v) is 8.16. The van der Waals surface area contributed by atoms with Crippen LogP contribution in [0.2, 0.25) is 0 Å². The first-order chi connectivity index (χ1) is 16.2. The summed E-state index contributed by atoms with van der Waals surface area (Å²) in [6.45, 7) is 1.96. The van der Waals surface area contributed by atoms with E-state index in [-0.39, 0.29) is 5.91 Å². The monoisotopic (exact) mass is 428 g/mol. The van der Waals surface area contributed by atoms with Crippen LogP contribution < -0.4 is 5.32 Å². The summed E-state index contributed by atoms with van der Waals surface area (Å²) in [5.74, 6) is -0.148. The Morgan fingerprint density at radius 2 is 1.42 bits per heavy atom. The lowest BCUT2D eigenvalue weighted by molar-refractivity contribution is 0.102. The number of hydrogen-bond donors (Lipinski definition) is 1. The Labute approximate surface area is 190 Å². The minimum atomic E-state index is -0.148. The molecule has 5 aromatic carbocycles. The topological polar surface area (TPSA) is 59.8 Å². The standard InChI is InChI=1S/C28H20N4O/c1-18-15-25-26(31-32(30-25)27-12-6-10-20-8-4-5-11-23(20)27)17-24(18)29-28(33)22-14-13-19-7-2-3-9-21(19)16-22/h2-17H,1H3,(H,29,33). The average molecular weight is 428 g/mol. The smallest absolute Gasteiger partial charge is 0.255 e. The maximum atomic E-state index is 13.0. The molecule has 1 amide bonds. The Bertz CT molecular complexity index is 1680. The van der Waals surface area contributed by atoms with Gasteiger partial charge in [-0.3, -0.25) is 4.79 Å². The molecule has 5 nitrogen and oxygen atoms in total. The number of rotatable bonds is 3. The van der Waals surface area contributed by atoms with E-state index in [9.17, 15) is 4.79 Å². The van der Waals surface area contributed by atoms with Crippen LogP contribution in [0.4, 0.5) is 5.69 Å². The molecule has 6 aromatic rings. The van der Waals surface area contributed by atoms with Gasteiger partial charge in [-0.25, -0.2) is 0 Å². The Morgan fingerprint density at radius 1 is 0.727 bits per heavy atom. The zero-order valence-corrected chi connectivity index (χ0v) is 18.0. The number of aryl methyl sites for hydroxylation is 1. The van der Waals surface area contributed by atoms with Crippen LogP contribution in [-0.2, 0) is 0 Å². The van der Waals surface area contributed by atoms with Gasteiger partial charge >= 0.3 is 0 Å². The Morgan fingerprint density at radius 3 is 2.27 bits per heavy atom. The van der Waals surface area contributed by atoms with Gasteiger partial charge in [0, 0.05) is 16.6 Å². The summed E-state index contributed by atoms with van der Waals surface area (Å²) in [6.07, 6.45) is 0. The molecule has 0 saturated carbocycles. The third-order valence-electron chi connectivity index (χ3n) is 5.97. The molecule has 6 rings (SSSR count). The van der Waals surface area contributed by atoms with Crippen molar-refractivity contribution < 1.29 is 4.79 Å². The highest BCUT2D eigenvalue weighted by atomic mass is 16.1. The second kappa shape index (κ2) is 7.57. The lowest BCUT2D eigenvalue weighted by Crippen LogP contribution is -2.12. The van der Waals surface area contributed by atoms with E-state index >= 15 is 0 Å². The molecule has 0 unspecified atom stereocenters. The number of aromatic nitrogens is 3. The third kappa shape index (κ3) is 3.40. The molecule has 0 atom stereocenters. The predicted molar refractivity (Wildman–Crippen MR) is 133 cm³/mol. The van der Waals surface area contributed by atoms with Crippen LogP contribution in [-0.4, -0.2) is 20.9 Å². The van der Waals surface area contributed by atoms with Gasteiger partial charge in [0.1, 0.15) is 11.0 Å². The fraction of sp³-hybridized carbons (Fsp3) is 0.0357. The number of anilines is 1. The molecule has 1 N–H and O–H groups in total. The highest BCUT2D eigenvalue weighted by Gasteiger charge is 2.13. The molecule has 1 aromatic heterocycles. The van der Waals surface area contributed by atoms with E-state index in [0.29, 0.717) is 5.56 Å². The first-order valence-corrected chi connectivity index (χ1v) is 10.8. The van der Waals surface area contributed by atoms with E-state index in [1.54, 1.807) is 4.80 Å². The minimum absolute atomic E-state index is 0.148. The number of nitrogens with one attached hydrogen (secondary N) is 1. The summed E-state index contributed by atoms with van der Waals surface area (Å²) in [7, 11) is 0. The van der Waals surface area contributed by atoms with E-state index < -0.39 is 0 Å². The molecule has 0 spiro atoms. The molecule has 158 valence electrons. The number of benzene rings is 5. The Kier molecular flexibility index (Phi) is 4.40. The third-order valence-corrected chi connectivity index (χ3v) is 5.97. The number of carbonyl (C=O) groups excluding carboxylic acids is 1. The van der Waals surface area contributed by atoms with Crippen LogP contribution in [0.5, 0.6) is 0 Å². The summed E-state index contributed by atoms with van der Waals surface area (Å²) in [5, 5.41) is 16.8. The first-order valence-electron chi connectivity index (χ1n) is 10.8. The van der Waals surface area contributed by atoms with E-state index in [4.69, 9.17) is 10.2 Å². The van der Waals surface area contributed by atoms with Gasteiger partial charge in [-0.15, -0.1) is 15.0 Å². The van der Waals surface area contributed by atoms with E-state index in [1.807, 2.05) is 85.8 Å². The highest BCUT2D eigenvalue weighted by Crippen LogP contribution is 2.26. The highest BCUT2D eigenvalue weighted by molar-refractivity contribution is 6.07. The van der Waals surface area contributed by atoms with Crippen molar-refractivity contribution in [1.29, 1.82) is 0 Å². The maximum absolute atomic E-state index is 13.0. The Hall–Kier alpha value is -4.51. The van der Waals surface area contributed by atoms with Crippen molar-refractivity contribution in [3.63, 3.8) is 0 Å².